The van der Waals surface area contributed by atoms with Crippen molar-refractivity contribution in [1.29, 1.82) is 0 Å². The van der Waals surface area contributed by atoms with Gasteiger partial charge in [-0.3, -0.25) is 4.79 Å². The highest BCUT2D eigenvalue weighted by atomic mass is 16.1. The van der Waals surface area contributed by atoms with Crippen LogP contribution in [0.3, 0.4) is 0 Å². The molecule has 3 heteroatoms. The van der Waals surface area contributed by atoms with Gasteiger partial charge in [-0.05, 0) is 13.8 Å². The third kappa shape index (κ3) is 0.914. The largest absolute Gasteiger partial charge is 0.314 e. The minimum Gasteiger partial charge on any atom is -0.314 e. The summed E-state index contributed by atoms with van der Waals surface area (Å²) in [6, 6.07) is 0.387. The van der Waals surface area contributed by atoms with Gasteiger partial charge in [0.15, 0.2) is 5.78 Å². The van der Waals surface area contributed by atoms with Gasteiger partial charge in [0, 0.05) is 25.0 Å². The monoisotopic (exact) mass is 154 g/mol. The number of nitrogens with one attached hydrogen (secondary N) is 2. The molecule has 0 aromatic carbocycles. The minimum atomic E-state index is -0.280. The van der Waals surface area contributed by atoms with Crippen molar-refractivity contribution in [2.24, 2.45) is 5.92 Å². The number of Topliss-reactive ketones (excluding diaryl/α,β-unsaturated/α-hetero) is 1. The molecule has 2 N–H and O–H groups in total. The lowest BCUT2D eigenvalue weighted by atomic mass is 9.94. The lowest BCUT2D eigenvalue weighted by molar-refractivity contribution is -0.124. The van der Waals surface area contributed by atoms with Gasteiger partial charge in [0.1, 0.15) is 0 Å². The molecule has 2 aliphatic rings. The lowest BCUT2D eigenvalue weighted by Crippen LogP contribution is -2.43. The maximum atomic E-state index is 11.6. The molecule has 2 saturated heterocycles. The van der Waals surface area contributed by atoms with E-state index in [1.54, 1.807) is 0 Å². The number of fused-ring (bicyclic) bond motifs is 1. The molecule has 0 spiro atoms. The summed E-state index contributed by atoms with van der Waals surface area (Å²) in [4.78, 5) is 11.6. The van der Waals surface area contributed by atoms with Crippen LogP contribution in [0.15, 0.2) is 0 Å². The van der Waals surface area contributed by atoms with Crippen LogP contribution >= 0.6 is 0 Å². The van der Waals surface area contributed by atoms with Crippen molar-refractivity contribution in [2.75, 3.05) is 13.1 Å². The molecule has 2 aliphatic heterocycles. The molecule has 2 atom stereocenters. The van der Waals surface area contributed by atoms with Crippen molar-refractivity contribution in [3.8, 4) is 0 Å². The fourth-order valence-electron chi connectivity index (χ4n) is 2.10. The first kappa shape index (κ1) is 7.25. The SMILES string of the molecule is CC1(C)NC2CNCC2C1=O. The van der Waals surface area contributed by atoms with Crippen molar-refractivity contribution in [2.45, 2.75) is 25.4 Å². The first-order valence-electron chi connectivity index (χ1n) is 4.14. The van der Waals surface area contributed by atoms with E-state index in [2.05, 4.69) is 10.6 Å². The fraction of sp³-hybridized carbons (Fsp3) is 0.875. The average Bonchev–Trinajstić information content (AvgIpc) is 2.39. The molecule has 0 radical (unpaired) electrons. The summed E-state index contributed by atoms with van der Waals surface area (Å²) >= 11 is 0. The van der Waals surface area contributed by atoms with Crippen LogP contribution in [-0.2, 0) is 4.79 Å². The topological polar surface area (TPSA) is 41.1 Å². The van der Waals surface area contributed by atoms with Crippen LogP contribution in [0.1, 0.15) is 13.8 Å². The predicted molar refractivity (Wildman–Crippen MR) is 42.4 cm³/mol. The highest BCUT2D eigenvalue weighted by Crippen LogP contribution is 2.26. The highest BCUT2D eigenvalue weighted by Gasteiger charge is 2.48. The van der Waals surface area contributed by atoms with E-state index < -0.39 is 0 Å². The maximum absolute atomic E-state index is 11.6. The Morgan fingerprint density at radius 2 is 2.18 bits per heavy atom. The molecule has 0 bridgehead atoms. The van der Waals surface area contributed by atoms with Gasteiger partial charge in [-0.1, -0.05) is 0 Å². The second-order valence-corrected chi connectivity index (χ2v) is 4.00. The quantitative estimate of drug-likeness (QED) is 0.495. The Hall–Kier alpha value is -0.410. The van der Waals surface area contributed by atoms with Crippen LogP contribution in [0.4, 0.5) is 0 Å². The number of rotatable bonds is 0. The number of carbonyl (C=O) groups excluding carboxylic acids is 1. The Morgan fingerprint density at radius 1 is 1.45 bits per heavy atom. The van der Waals surface area contributed by atoms with Crippen LogP contribution in [-0.4, -0.2) is 30.5 Å². The summed E-state index contributed by atoms with van der Waals surface area (Å²) in [6.07, 6.45) is 0. The molecule has 0 amide bonds. The van der Waals surface area contributed by atoms with Crippen LogP contribution < -0.4 is 10.6 Å². The third-order valence-electron chi connectivity index (χ3n) is 2.71. The van der Waals surface area contributed by atoms with Crippen LogP contribution in [0.5, 0.6) is 0 Å². The molecule has 2 rings (SSSR count). The molecule has 0 saturated carbocycles. The van der Waals surface area contributed by atoms with Crippen molar-refractivity contribution in [3.63, 3.8) is 0 Å². The van der Waals surface area contributed by atoms with E-state index in [0.717, 1.165) is 13.1 Å². The van der Waals surface area contributed by atoms with Crippen molar-refractivity contribution < 1.29 is 4.79 Å². The molecule has 62 valence electrons. The second-order valence-electron chi connectivity index (χ2n) is 4.00. The van der Waals surface area contributed by atoms with Crippen LogP contribution in [0.25, 0.3) is 0 Å². The van der Waals surface area contributed by atoms with E-state index in [9.17, 15) is 4.79 Å². The Morgan fingerprint density at radius 3 is 2.82 bits per heavy atom. The van der Waals surface area contributed by atoms with Gasteiger partial charge in [0.2, 0.25) is 0 Å². The molecule has 0 aromatic heterocycles. The van der Waals surface area contributed by atoms with E-state index in [1.165, 1.54) is 0 Å². The number of ketones is 1. The molecular formula is C8H14N2O. The zero-order valence-corrected chi connectivity index (χ0v) is 6.98. The Labute approximate surface area is 66.5 Å². The van der Waals surface area contributed by atoms with Gasteiger partial charge < -0.3 is 10.6 Å². The zero-order chi connectivity index (χ0) is 8.06. The van der Waals surface area contributed by atoms with Crippen molar-refractivity contribution in [3.05, 3.63) is 0 Å². The van der Waals surface area contributed by atoms with Crippen LogP contribution in [0.2, 0.25) is 0 Å². The first-order chi connectivity index (χ1) is 5.11. The fourth-order valence-corrected chi connectivity index (χ4v) is 2.10. The molecule has 3 nitrogen and oxygen atoms in total. The predicted octanol–water partition coefficient (Wildman–Crippen LogP) is -0.475. The molecule has 0 aromatic rings. The highest BCUT2D eigenvalue weighted by molar-refractivity contribution is 5.93. The first-order valence-corrected chi connectivity index (χ1v) is 4.14. The van der Waals surface area contributed by atoms with Crippen molar-refractivity contribution >= 4 is 5.78 Å². The molecule has 11 heavy (non-hydrogen) atoms. The molecule has 2 unspecified atom stereocenters. The van der Waals surface area contributed by atoms with Gasteiger partial charge in [-0.2, -0.15) is 0 Å². The van der Waals surface area contributed by atoms with E-state index in [4.69, 9.17) is 0 Å². The summed E-state index contributed by atoms with van der Waals surface area (Å²) in [5.74, 6) is 0.595. The number of hydrogen-bond acceptors (Lipinski definition) is 3. The molecule has 2 fully saturated rings. The smallest absolute Gasteiger partial charge is 0.158 e. The van der Waals surface area contributed by atoms with E-state index >= 15 is 0 Å². The molecule has 2 heterocycles. The van der Waals surface area contributed by atoms with Crippen molar-refractivity contribution in [1.82, 2.24) is 10.6 Å². The Balaban J connectivity index is 2.23. The minimum absolute atomic E-state index is 0.227. The number of hydrogen-bond donors (Lipinski definition) is 2. The van der Waals surface area contributed by atoms with E-state index in [-0.39, 0.29) is 11.5 Å². The van der Waals surface area contributed by atoms with Gasteiger partial charge in [-0.15, -0.1) is 0 Å². The zero-order valence-electron chi connectivity index (χ0n) is 6.98. The normalized spacial score (nSPS) is 41.1. The van der Waals surface area contributed by atoms with Gasteiger partial charge in [0.05, 0.1) is 5.54 Å². The Bertz CT molecular complexity index is 200. The summed E-state index contributed by atoms with van der Waals surface area (Å²) < 4.78 is 0. The lowest BCUT2D eigenvalue weighted by Gasteiger charge is -2.17. The van der Waals surface area contributed by atoms with E-state index in [1.807, 2.05) is 13.8 Å². The van der Waals surface area contributed by atoms with Gasteiger partial charge in [0.25, 0.3) is 0 Å². The van der Waals surface area contributed by atoms with Crippen LogP contribution in [0, 0.1) is 5.92 Å². The third-order valence-corrected chi connectivity index (χ3v) is 2.71. The van der Waals surface area contributed by atoms with E-state index in [0.29, 0.717) is 11.8 Å². The summed E-state index contributed by atoms with van der Waals surface area (Å²) in [6.45, 7) is 5.74. The standard InChI is InChI=1S/C8H14N2O/c1-8(2)7(11)5-3-9-4-6(5)10-8/h5-6,9-10H,3-4H2,1-2H3. The average molecular weight is 154 g/mol. The summed E-state index contributed by atoms with van der Waals surface area (Å²) in [5, 5.41) is 6.54. The second kappa shape index (κ2) is 2.05. The Kier molecular flexibility index (Phi) is 1.35. The van der Waals surface area contributed by atoms with Gasteiger partial charge >= 0.3 is 0 Å². The molecular weight excluding hydrogens is 140 g/mol. The maximum Gasteiger partial charge on any atom is 0.158 e. The number of carbonyl (C=O) groups is 1. The van der Waals surface area contributed by atoms with Gasteiger partial charge in [-0.25, -0.2) is 0 Å². The summed E-state index contributed by atoms with van der Waals surface area (Å²) in [5.41, 5.74) is -0.280. The summed E-state index contributed by atoms with van der Waals surface area (Å²) in [7, 11) is 0. The molecule has 0 aliphatic carbocycles.